The Balaban J connectivity index is 1.36. The molecule has 0 fully saturated rings. The van der Waals surface area contributed by atoms with Crippen molar-refractivity contribution in [1.82, 2.24) is 24.1 Å². The van der Waals surface area contributed by atoms with Crippen molar-refractivity contribution in [3.63, 3.8) is 0 Å². The molecule has 0 aliphatic heterocycles. The molecule has 4 aromatic carbocycles. The molecule has 0 bridgehead atoms. The molecule has 156 valence electrons. The summed E-state index contributed by atoms with van der Waals surface area (Å²) in [6.07, 6.45) is 0. The van der Waals surface area contributed by atoms with Crippen LogP contribution >= 0.6 is 0 Å². The monoisotopic (exact) mass is 427 g/mol. The van der Waals surface area contributed by atoms with Gasteiger partial charge in [0.2, 0.25) is 11.6 Å². The molecule has 7 aromatic rings. The summed E-state index contributed by atoms with van der Waals surface area (Å²) in [6, 6.07) is 34.5. The largest absolute Gasteiger partial charge is 0.334 e. The van der Waals surface area contributed by atoms with Crippen LogP contribution in [0.3, 0.4) is 0 Å². The lowest BCUT2D eigenvalue weighted by atomic mass is 10.2. The molecular weight excluding hydrogens is 410 g/mol. The van der Waals surface area contributed by atoms with Gasteiger partial charge in [-0.05, 0) is 48.5 Å². The molecule has 0 N–H and O–H groups in total. The molecule has 6 heteroatoms. The Morgan fingerprint density at radius 3 is 2.09 bits per heavy atom. The number of fused-ring (bicyclic) bond motifs is 5. The molecule has 0 saturated carbocycles. The van der Waals surface area contributed by atoms with Crippen LogP contribution in [0.25, 0.3) is 56.4 Å². The first-order valence-electron chi connectivity index (χ1n) is 10.7. The van der Waals surface area contributed by atoms with Gasteiger partial charge in [0.25, 0.3) is 5.89 Å². The van der Waals surface area contributed by atoms with E-state index in [4.69, 9.17) is 9.51 Å². The van der Waals surface area contributed by atoms with Gasteiger partial charge in [-0.25, -0.2) is 4.98 Å². The Morgan fingerprint density at radius 1 is 0.576 bits per heavy atom. The predicted octanol–water partition coefficient (Wildman–Crippen LogP) is 6.15. The third kappa shape index (κ3) is 2.71. The molecule has 3 aromatic heterocycles. The van der Waals surface area contributed by atoms with E-state index in [2.05, 4.69) is 61.6 Å². The van der Waals surface area contributed by atoms with E-state index in [1.165, 1.54) is 0 Å². The van der Waals surface area contributed by atoms with Crippen LogP contribution in [0.1, 0.15) is 0 Å². The number of hydrogen-bond acceptors (Lipinski definition) is 4. The average molecular weight is 427 g/mol. The number of rotatable bonds is 3. The minimum atomic E-state index is 0.495. The van der Waals surface area contributed by atoms with Crippen LogP contribution in [0, 0.1) is 0 Å². The van der Waals surface area contributed by atoms with E-state index in [-0.39, 0.29) is 0 Å². The molecule has 0 unspecified atom stereocenters. The summed E-state index contributed by atoms with van der Waals surface area (Å²) in [5.41, 5.74) is 7.10. The SMILES string of the molecule is c1ccc(-c2noc(-c3ccc(-n4c5ccccc5n5c6ccccc6nc45)cc3)n2)cc1. The highest BCUT2D eigenvalue weighted by atomic mass is 16.5. The van der Waals surface area contributed by atoms with Gasteiger partial charge in [-0.2, -0.15) is 4.98 Å². The lowest BCUT2D eigenvalue weighted by molar-refractivity contribution is 0.432. The van der Waals surface area contributed by atoms with Gasteiger partial charge in [-0.3, -0.25) is 8.97 Å². The topological polar surface area (TPSA) is 61.2 Å². The molecular formula is C27H17N5O. The second-order valence-electron chi connectivity index (χ2n) is 7.90. The van der Waals surface area contributed by atoms with E-state index >= 15 is 0 Å². The Labute approximate surface area is 188 Å². The van der Waals surface area contributed by atoms with Crippen LogP contribution in [0.15, 0.2) is 108 Å². The highest BCUT2D eigenvalue weighted by molar-refractivity contribution is 5.92. The van der Waals surface area contributed by atoms with Crippen molar-refractivity contribution in [3.05, 3.63) is 103 Å². The number of imidazole rings is 2. The molecule has 0 spiro atoms. The van der Waals surface area contributed by atoms with Crippen molar-refractivity contribution < 1.29 is 4.52 Å². The van der Waals surface area contributed by atoms with Crippen LogP contribution in [0.2, 0.25) is 0 Å². The van der Waals surface area contributed by atoms with Crippen molar-refractivity contribution in [1.29, 1.82) is 0 Å². The van der Waals surface area contributed by atoms with Gasteiger partial charge in [0.05, 0.1) is 22.1 Å². The lowest BCUT2D eigenvalue weighted by Crippen LogP contribution is -1.95. The van der Waals surface area contributed by atoms with E-state index in [1.807, 2.05) is 60.7 Å². The highest BCUT2D eigenvalue weighted by Crippen LogP contribution is 2.30. The van der Waals surface area contributed by atoms with Gasteiger partial charge in [0, 0.05) is 16.8 Å². The summed E-state index contributed by atoms with van der Waals surface area (Å²) < 4.78 is 9.93. The van der Waals surface area contributed by atoms with Gasteiger partial charge >= 0.3 is 0 Å². The molecule has 0 atom stereocenters. The molecule has 0 radical (unpaired) electrons. The first-order valence-corrected chi connectivity index (χ1v) is 10.7. The third-order valence-electron chi connectivity index (χ3n) is 5.94. The van der Waals surface area contributed by atoms with Gasteiger partial charge in [0.15, 0.2) is 0 Å². The zero-order chi connectivity index (χ0) is 21.8. The molecule has 6 nitrogen and oxygen atoms in total. The summed E-state index contributed by atoms with van der Waals surface area (Å²) in [5.74, 6) is 1.96. The summed E-state index contributed by atoms with van der Waals surface area (Å²) in [4.78, 5) is 9.50. The Kier molecular flexibility index (Phi) is 3.75. The highest BCUT2D eigenvalue weighted by Gasteiger charge is 2.17. The smallest absolute Gasteiger partial charge is 0.258 e. The molecule has 0 aliphatic carbocycles. The normalized spacial score (nSPS) is 11.6. The summed E-state index contributed by atoms with van der Waals surface area (Å²) in [7, 11) is 0. The van der Waals surface area contributed by atoms with E-state index in [1.54, 1.807) is 0 Å². The number of benzene rings is 4. The van der Waals surface area contributed by atoms with E-state index in [9.17, 15) is 0 Å². The summed E-state index contributed by atoms with van der Waals surface area (Å²) >= 11 is 0. The van der Waals surface area contributed by atoms with Gasteiger partial charge in [-0.15, -0.1) is 0 Å². The van der Waals surface area contributed by atoms with Gasteiger partial charge in [-0.1, -0.05) is 59.8 Å². The fourth-order valence-corrected chi connectivity index (χ4v) is 4.40. The Bertz CT molecular complexity index is 1760. The first kappa shape index (κ1) is 17.9. The lowest BCUT2D eigenvalue weighted by Gasteiger charge is -2.05. The van der Waals surface area contributed by atoms with Crippen LogP contribution in [0.4, 0.5) is 0 Å². The average Bonchev–Trinajstić information content (AvgIpc) is 3.58. The molecule has 3 heterocycles. The molecule has 7 rings (SSSR count). The maximum Gasteiger partial charge on any atom is 0.258 e. The first-order chi connectivity index (χ1) is 16.4. The minimum Gasteiger partial charge on any atom is -0.334 e. The van der Waals surface area contributed by atoms with Crippen molar-refractivity contribution in [3.8, 4) is 28.5 Å². The second kappa shape index (κ2) is 6.90. The Morgan fingerprint density at radius 2 is 1.27 bits per heavy atom. The number of nitrogens with zero attached hydrogens (tertiary/aromatic N) is 5. The third-order valence-corrected chi connectivity index (χ3v) is 5.94. The fraction of sp³-hybridized carbons (Fsp3) is 0. The van der Waals surface area contributed by atoms with E-state index in [0.29, 0.717) is 11.7 Å². The maximum absolute atomic E-state index is 5.53. The quantitative estimate of drug-likeness (QED) is 0.339. The van der Waals surface area contributed by atoms with Gasteiger partial charge < -0.3 is 4.52 Å². The Hall–Kier alpha value is -4.71. The van der Waals surface area contributed by atoms with Crippen molar-refractivity contribution in [2.45, 2.75) is 0 Å². The summed E-state index contributed by atoms with van der Waals surface area (Å²) in [6.45, 7) is 0. The summed E-state index contributed by atoms with van der Waals surface area (Å²) in [5, 5.41) is 4.14. The van der Waals surface area contributed by atoms with Gasteiger partial charge in [0.1, 0.15) is 0 Å². The zero-order valence-corrected chi connectivity index (χ0v) is 17.5. The molecule has 0 aliphatic rings. The van der Waals surface area contributed by atoms with Crippen molar-refractivity contribution in [2.24, 2.45) is 0 Å². The maximum atomic E-state index is 5.53. The van der Waals surface area contributed by atoms with Crippen LogP contribution in [0.5, 0.6) is 0 Å². The molecule has 0 amide bonds. The van der Waals surface area contributed by atoms with Crippen molar-refractivity contribution in [2.75, 3.05) is 0 Å². The molecule has 33 heavy (non-hydrogen) atoms. The van der Waals surface area contributed by atoms with Crippen LogP contribution in [-0.2, 0) is 0 Å². The van der Waals surface area contributed by atoms with E-state index in [0.717, 1.165) is 44.7 Å². The van der Waals surface area contributed by atoms with Crippen molar-refractivity contribution >= 4 is 27.8 Å². The number of aromatic nitrogens is 5. The van der Waals surface area contributed by atoms with E-state index < -0.39 is 0 Å². The standard InChI is InChI=1S/C27H17N5O/c1-2-8-18(9-3-1)25-29-26(33-30-25)19-14-16-20(17-15-19)31-23-12-6-7-13-24(23)32-22-11-5-4-10-21(22)28-27(31)32/h1-17H. The number of hydrogen-bond donors (Lipinski definition) is 0. The van der Waals surface area contributed by atoms with Crippen LogP contribution in [-0.4, -0.2) is 24.1 Å². The minimum absolute atomic E-state index is 0.495. The predicted molar refractivity (Wildman–Crippen MR) is 128 cm³/mol. The second-order valence-corrected chi connectivity index (χ2v) is 7.90. The number of para-hydroxylation sites is 4. The van der Waals surface area contributed by atoms with Crippen LogP contribution < -0.4 is 0 Å². The fourth-order valence-electron chi connectivity index (χ4n) is 4.40. The molecule has 0 saturated heterocycles. The zero-order valence-electron chi connectivity index (χ0n) is 17.5.